The molecule has 3 heterocycles. The zero-order chi connectivity index (χ0) is 19.3. The number of pyridine rings is 1. The molecule has 0 aliphatic carbocycles. The van der Waals surface area contributed by atoms with Crippen molar-refractivity contribution in [1.29, 1.82) is 0 Å². The number of nitrogens with one attached hydrogen (secondary N) is 1. The molecule has 2 aromatic rings. The average Bonchev–Trinajstić information content (AvgIpc) is 2.77. The van der Waals surface area contributed by atoms with E-state index in [1.165, 1.54) is 5.56 Å². The minimum absolute atomic E-state index is 0.0340. The Morgan fingerprint density at radius 2 is 2.14 bits per heavy atom. The second-order valence-electron chi connectivity index (χ2n) is 7.54. The number of hydrogen-bond donors (Lipinski definition) is 1. The van der Waals surface area contributed by atoms with Crippen molar-refractivity contribution in [3.8, 4) is 11.5 Å². The summed E-state index contributed by atoms with van der Waals surface area (Å²) in [7, 11) is 1.67. The Bertz CT molecular complexity index is 804. The monoisotopic (exact) mass is 381 g/mol. The van der Waals surface area contributed by atoms with Gasteiger partial charge in [-0.3, -0.25) is 9.78 Å². The van der Waals surface area contributed by atoms with E-state index in [4.69, 9.17) is 9.47 Å². The van der Waals surface area contributed by atoms with Gasteiger partial charge in [0.2, 0.25) is 0 Å². The molecule has 6 heteroatoms. The van der Waals surface area contributed by atoms with Gasteiger partial charge >= 0.3 is 0 Å². The molecule has 148 valence electrons. The predicted molar refractivity (Wildman–Crippen MR) is 107 cm³/mol. The van der Waals surface area contributed by atoms with Crippen LogP contribution in [0.25, 0.3) is 0 Å². The summed E-state index contributed by atoms with van der Waals surface area (Å²) >= 11 is 0. The zero-order valence-corrected chi connectivity index (χ0v) is 16.3. The highest BCUT2D eigenvalue weighted by Gasteiger charge is 2.26. The summed E-state index contributed by atoms with van der Waals surface area (Å²) in [6.07, 6.45) is 4.63. The number of benzene rings is 1. The highest BCUT2D eigenvalue weighted by atomic mass is 16.5. The Kier molecular flexibility index (Phi) is 5.76. The highest BCUT2D eigenvalue weighted by molar-refractivity contribution is 5.92. The average molecular weight is 381 g/mol. The van der Waals surface area contributed by atoms with Crippen LogP contribution in [0.2, 0.25) is 0 Å². The number of hydrogen-bond acceptors (Lipinski definition) is 5. The summed E-state index contributed by atoms with van der Waals surface area (Å²) in [6.45, 7) is 3.21. The molecule has 2 aliphatic heterocycles. The molecule has 1 aromatic carbocycles. The maximum absolute atomic E-state index is 12.5. The van der Waals surface area contributed by atoms with E-state index in [2.05, 4.69) is 16.4 Å². The van der Waals surface area contributed by atoms with E-state index >= 15 is 0 Å². The van der Waals surface area contributed by atoms with Crippen LogP contribution in [0.4, 0.5) is 0 Å². The first-order chi connectivity index (χ1) is 13.7. The third kappa shape index (κ3) is 4.28. The molecule has 1 unspecified atom stereocenters. The summed E-state index contributed by atoms with van der Waals surface area (Å²) in [4.78, 5) is 18.6. The fraction of sp³-hybridized carbons (Fsp3) is 0.455. The summed E-state index contributed by atoms with van der Waals surface area (Å²) in [5.41, 5.74) is 1.78. The molecule has 1 saturated heterocycles. The largest absolute Gasteiger partial charge is 0.497 e. The van der Waals surface area contributed by atoms with Gasteiger partial charge in [0.15, 0.2) is 0 Å². The van der Waals surface area contributed by atoms with Crippen LogP contribution >= 0.6 is 0 Å². The van der Waals surface area contributed by atoms with Crippen LogP contribution < -0.4 is 14.8 Å². The van der Waals surface area contributed by atoms with E-state index in [-0.39, 0.29) is 5.91 Å². The van der Waals surface area contributed by atoms with Crippen LogP contribution in [0.15, 0.2) is 42.6 Å². The molecule has 1 atom stereocenters. The van der Waals surface area contributed by atoms with Gasteiger partial charge in [-0.15, -0.1) is 0 Å². The zero-order valence-electron chi connectivity index (χ0n) is 16.3. The summed E-state index contributed by atoms with van der Waals surface area (Å²) < 4.78 is 11.2. The number of amides is 1. The van der Waals surface area contributed by atoms with Crippen LogP contribution in [0.3, 0.4) is 0 Å². The van der Waals surface area contributed by atoms with Gasteiger partial charge in [0.05, 0.1) is 13.7 Å². The SMILES string of the molecule is COc1ccc2c(c1)OCC(CNC1CCN(C(=O)c3ccccn3)CC1)C2. The molecule has 1 fully saturated rings. The summed E-state index contributed by atoms with van der Waals surface area (Å²) in [5.74, 6) is 2.28. The Hall–Kier alpha value is -2.60. The Morgan fingerprint density at radius 3 is 2.89 bits per heavy atom. The number of aromatic nitrogens is 1. The van der Waals surface area contributed by atoms with Gasteiger partial charge in [0.25, 0.3) is 5.91 Å². The first-order valence-electron chi connectivity index (χ1n) is 9.96. The van der Waals surface area contributed by atoms with Gasteiger partial charge in [-0.1, -0.05) is 12.1 Å². The lowest BCUT2D eigenvalue weighted by Gasteiger charge is -2.34. The molecular weight excluding hydrogens is 354 g/mol. The van der Waals surface area contributed by atoms with Gasteiger partial charge in [0.1, 0.15) is 17.2 Å². The van der Waals surface area contributed by atoms with E-state index < -0.39 is 0 Å². The van der Waals surface area contributed by atoms with Gasteiger partial charge in [-0.05, 0) is 43.0 Å². The summed E-state index contributed by atoms with van der Waals surface area (Å²) in [5, 5.41) is 3.69. The molecule has 0 radical (unpaired) electrons. The van der Waals surface area contributed by atoms with E-state index in [0.717, 1.165) is 57.0 Å². The van der Waals surface area contributed by atoms with Gasteiger partial charge < -0.3 is 19.7 Å². The molecule has 1 amide bonds. The first-order valence-corrected chi connectivity index (χ1v) is 9.96. The maximum atomic E-state index is 12.5. The number of ether oxygens (including phenoxy) is 2. The topological polar surface area (TPSA) is 63.7 Å². The molecule has 1 aromatic heterocycles. The molecule has 4 rings (SSSR count). The van der Waals surface area contributed by atoms with Crippen molar-refractivity contribution in [3.63, 3.8) is 0 Å². The maximum Gasteiger partial charge on any atom is 0.272 e. The fourth-order valence-corrected chi connectivity index (χ4v) is 3.94. The van der Waals surface area contributed by atoms with Crippen molar-refractivity contribution in [2.24, 2.45) is 5.92 Å². The van der Waals surface area contributed by atoms with Crippen molar-refractivity contribution in [3.05, 3.63) is 53.9 Å². The van der Waals surface area contributed by atoms with E-state index in [9.17, 15) is 4.79 Å². The lowest BCUT2D eigenvalue weighted by atomic mass is 9.95. The highest BCUT2D eigenvalue weighted by Crippen LogP contribution is 2.30. The molecule has 0 saturated carbocycles. The van der Waals surface area contributed by atoms with Crippen molar-refractivity contribution in [1.82, 2.24) is 15.2 Å². The standard InChI is InChI=1S/C22H27N3O3/c1-27-19-6-5-17-12-16(15-28-21(17)13-19)14-24-18-7-10-25(11-8-18)22(26)20-4-2-3-9-23-20/h2-6,9,13,16,18,24H,7-8,10-12,14-15H2,1H3. The number of likely N-dealkylation sites (tertiary alicyclic amines) is 1. The molecule has 2 aliphatic rings. The number of piperidine rings is 1. The van der Waals surface area contributed by atoms with Gasteiger partial charge in [-0.2, -0.15) is 0 Å². The minimum atomic E-state index is 0.0340. The third-order valence-corrected chi connectivity index (χ3v) is 5.62. The van der Waals surface area contributed by atoms with Crippen molar-refractivity contribution in [2.75, 3.05) is 33.4 Å². The van der Waals surface area contributed by atoms with Crippen LogP contribution in [0, 0.1) is 5.92 Å². The number of carbonyl (C=O) groups excluding carboxylic acids is 1. The number of nitrogens with zero attached hydrogens (tertiary/aromatic N) is 2. The molecule has 6 nitrogen and oxygen atoms in total. The van der Waals surface area contributed by atoms with Gasteiger partial charge in [-0.25, -0.2) is 0 Å². The number of carbonyl (C=O) groups is 1. The van der Waals surface area contributed by atoms with Crippen LogP contribution in [-0.4, -0.2) is 55.2 Å². The lowest BCUT2D eigenvalue weighted by Crippen LogP contribution is -2.46. The molecule has 28 heavy (non-hydrogen) atoms. The Labute approximate surface area is 165 Å². The van der Waals surface area contributed by atoms with Crippen LogP contribution in [0.1, 0.15) is 28.9 Å². The minimum Gasteiger partial charge on any atom is -0.497 e. The van der Waals surface area contributed by atoms with Crippen molar-refractivity contribution >= 4 is 5.91 Å². The smallest absolute Gasteiger partial charge is 0.272 e. The predicted octanol–water partition coefficient (Wildman–Crippen LogP) is 2.54. The number of methoxy groups -OCH3 is 1. The van der Waals surface area contributed by atoms with Crippen LogP contribution in [0.5, 0.6) is 11.5 Å². The van der Waals surface area contributed by atoms with Crippen molar-refractivity contribution < 1.29 is 14.3 Å². The second-order valence-corrected chi connectivity index (χ2v) is 7.54. The van der Waals surface area contributed by atoms with E-state index in [0.29, 0.717) is 17.7 Å². The third-order valence-electron chi connectivity index (χ3n) is 5.62. The molecule has 0 spiro atoms. The Morgan fingerprint density at radius 1 is 1.29 bits per heavy atom. The normalized spacial score (nSPS) is 19.6. The lowest BCUT2D eigenvalue weighted by molar-refractivity contribution is 0.0696. The second kappa shape index (κ2) is 8.61. The quantitative estimate of drug-likeness (QED) is 0.862. The molecule has 0 bridgehead atoms. The number of fused-ring (bicyclic) bond motifs is 1. The first kappa shape index (κ1) is 18.7. The number of rotatable bonds is 5. The van der Waals surface area contributed by atoms with E-state index in [1.54, 1.807) is 19.4 Å². The molecular formula is C22H27N3O3. The molecule has 1 N–H and O–H groups in total. The fourth-order valence-electron chi connectivity index (χ4n) is 3.94. The van der Waals surface area contributed by atoms with E-state index in [1.807, 2.05) is 29.2 Å². The summed E-state index contributed by atoms with van der Waals surface area (Å²) in [6, 6.07) is 12.0. The van der Waals surface area contributed by atoms with Crippen molar-refractivity contribution in [2.45, 2.75) is 25.3 Å². The van der Waals surface area contributed by atoms with Gasteiger partial charge in [0, 0.05) is 43.9 Å². The Balaban J connectivity index is 1.23. The van der Waals surface area contributed by atoms with Crippen LogP contribution in [-0.2, 0) is 6.42 Å².